The SMILES string of the molecule is CCCCBr.CCCCn1c(=O)c2c(nc(Br)n2COCC[Si](C)(C)C)n(C)c1=O.Cn1c(=O)[nH]c(=O)c2c1nc(Br)n2COCC[Si](C)(C)C. The standard InChI is InChI=1S/C16H27BrN4O3Si.C12H19BrN4O3Si.C4H9Br/c1-6-7-8-20-14(22)12-13(19(2)16(20)23)18-15(17)21(12)11-24-9-10-25(3,4)5;1-16-9-8(10(18)15-12(16)19)17(11(13)14-9)7-20-5-6-21(2,3)4;1-2-3-4-5/h6-11H2,1-5H3;5-7H2,1-4H3,(H,15,18,19);2-4H2,1H3. The highest BCUT2D eigenvalue weighted by molar-refractivity contribution is 9.10. The maximum absolute atomic E-state index is 12.9. The summed E-state index contributed by atoms with van der Waals surface area (Å²) in [5.41, 5.74) is -0.131. The van der Waals surface area contributed by atoms with Gasteiger partial charge in [-0.05, 0) is 56.8 Å². The number of nitrogens with zero attached hydrogens (tertiary/aromatic N) is 7. The summed E-state index contributed by atoms with van der Waals surface area (Å²) in [6, 6.07) is 2.10. The second kappa shape index (κ2) is 20.5. The van der Waals surface area contributed by atoms with Crippen molar-refractivity contribution in [2.75, 3.05) is 18.5 Å². The second-order valence-electron chi connectivity index (χ2n) is 14.7. The van der Waals surface area contributed by atoms with Crippen LogP contribution in [0.25, 0.3) is 22.3 Å². The van der Waals surface area contributed by atoms with Crippen molar-refractivity contribution in [2.45, 2.75) is 111 Å². The minimum Gasteiger partial charge on any atom is -0.361 e. The summed E-state index contributed by atoms with van der Waals surface area (Å²) in [6.07, 6.45) is 4.30. The normalized spacial score (nSPS) is 11.9. The van der Waals surface area contributed by atoms with Crippen molar-refractivity contribution in [1.82, 2.24) is 37.8 Å². The number of hydrogen-bond donors (Lipinski definition) is 1. The van der Waals surface area contributed by atoms with E-state index in [0.29, 0.717) is 51.6 Å². The molecular weight excluding hydrogens is 888 g/mol. The first-order valence-corrected chi connectivity index (χ1v) is 27.3. The number of aromatic amines is 1. The third-order valence-electron chi connectivity index (χ3n) is 7.80. The van der Waals surface area contributed by atoms with Crippen molar-refractivity contribution in [1.29, 1.82) is 0 Å². The van der Waals surface area contributed by atoms with Crippen molar-refractivity contribution < 1.29 is 9.47 Å². The predicted octanol–water partition coefficient (Wildman–Crippen LogP) is 6.45. The molecule has 0 aliphatic rings. The fourth-order valence-corrected chi connectivity index (χ4v) is 7.47. The molecule has 0 radical (unpaired) electrons. The number of nitrogens with one attached hydrogen (secondary N) is 1. The molecule has 0 atom stereocenters. The maximum Gasteiger partial charge on any atom is 0.332 e. The van der Waals surface area contributed by atoms with Gasteiger partial charge in [-0.3, -0.25) is 37.4 Å². The first-order valence-electron chi connectivity index (χ1n) is 17.2. The van der Waals surface area contributed by atoms with E-state index in [2.05, 4.69) is 109 Å². The molecule has 0 saturated heterocycles. The summed E-state index contributed by atoms with van der Waals surface area (Å²) >= 11 is 10.0. The van der Waals surface area contributed by atoms with Gasteiger partial charge in [0.15, 0.2) is 31.8 Å². The predicted molar refractivity (Wildman–Crippen MR) is 222 cm³/mol. The highest BCUT2D eigenvalue weighted by Crippen LogP contribution is 2.18. The number of alkyl halides is 1. The number of rotatable bonds is 15. The summed E-state index contributed by atoms with van der Waals surface area (Å²) in [7, 11) is 0.888. The van der Waals surface area contributed by atoms with Crippen molar-refractivity contribution in [2.24, 2.45) is 14.1 Å². The average molecular weight is 944 g/mol. The summed E-state index contributed by atoms with van der Waals surface area (Å²) in [4.78, 5) is 59.7. The average Bonchev–Trinajstić information content (AvgIpc) is 3.55. The van der Waals surface area contributed by atoms with Crippen LogP contribution >= 0.6 is 47.8 Å². The highest BCUT2D eigenvalue weighted by atomic mass is 79.9. The third-order valence-corrected chi connectivity index (χ3v) is 13.0. The van der Waals surface area contributed by atoms with Crippen molar-refractivity contribution in [3.8, 4) is 0 Å². The van der Waals surface area contributed by atoms with Crippen LogP contribution in [0, 0.1) is 0 Å². The summed E-state index contributed by atoms with van der Waals surface area (Å²) in [5, 5.41) is 1.16. The van der Waals surface area contributed by atoms with Crippen LogP contribution < -0.4 is 22.5 Å². The van der Waals surface area contributed by atoms with E-state index in [0.717, 1.165) is 30.3 Å². The number of ether oxygens (including phenoxy) is 2. The topological polar surface area (TPSA) is 153 Å². The number of imidazole rings is 2. The van der Waals surface area contributed by atoms with Gasteiger partial charge in [0.25, 0.3) is 11.1 Å². The molecular formula is C32H55Br3N8O6Si2. The van der Waals surface area contributed by atoms with Crippen LogP contribution in [0.4, 0.5) is 0 Å². The number of fused-ring (bicyclic) bond motifs is 2. The van der Waals surface area contributed by atoms with Gasteiger partial charge in [0, 0.05) is 55.3 Å². The van der Waals surface area contributed by atoms with Crippen LogP contribution in [0.5, 0.6) is 0 Å². The van der Waals surface area contributed by atoms with Gasteiger partial charge in [-0.1, -0.05) is 81.9 Å². The zero-order valence-electron chi connectivity index (χ0n) is 31.7. The van der Waals surface area contributed by atoms with Crippen LogP contribution in [-0.2, 0) is 43.6 Å². The van der Waals surface area contributed by atoms with E-state index >= 15 is 0 Å². The molecule has 4 aromatic rings. The zero-order valence-corrected chi connectivity index (χ0v) is 38.5. The Balaban J connectivity index is 0.000000316. The number of unbranched alkanes of at least 4 members (excludes halogenated alkanes) is 2. The number of H-pyrrole nitrogens is 1. The largest absolute Gasteiger partial charge is 0.361 e. The molecule has 4 rings (SSSR count). The minimum absolute atomic E-state index is 0.225. The van der Waals surface area contributed by atoms with E-state index < -0.39 is 27.4 Å². The lowest BCUT2D eigenvalue weighted by Gasteiger charge is -2.16. The Bertz CT molecular complexity index is 1970. The van der Waals surface area contributed by atoms with Crippen LogP contribution in [0.3, 0.4) is 0 Å². The molecule has 0 bridgehead atoms. The van der Waals surface area contributed by atoms with Gasteiger partial charge in [-0.15, -0.1) is 0 Å². The highest BCUT2D eigenvalue weighted by Gasteiger charge is 2.20. The van der Waals surface area contributed by atoms with Crippen molar-refractivity contribution >= 4 is 86.3 Å². The second-order valence-corrected chi connectivity index (χ2v) is 28.1. The molecule has 14 nitrogen and oxygen atoms in total. The number of halogens is 3. The number of aromatic nitrogens is 8. The molecule has 0 aliphatic heterocycles. The van der Waals surface area contributed by atoms with E-state index in [1.165, 1.54) is 26.5 Å². The molecule has 0 amide bonds. The first kappa shape index (κ1) is 45.3. The van der Waals surface area contributed by atoms with E-state index in [1.54, 1.807) is 23.2 Å². The molecule has 0 aliphatic carbocycles. The quantitative estimate of drug-likeness (QED) is 0.0618. The van der Waals surface area contributed by atoms with E-state index in [-0.39, 0.29) is 24.7 Å². The summed E-state index contributed by atoms with van der Waals surface area (Å²) in [6.45, 7) is 20.1. The van der Waals surface area contributed by atoms with Gasteiger partial charge in [0.05, 0.1) is 0 Å². The molecule has 288 valence electrons. The molecule has 0 aromatic carbocycles. The molecule has 0 fully saturated rings. The lowest BCUT2D eigenvalue weighted by atomic mass is 10.3. The van der Waals surface area contributed by atoms with E-state index in [9.17, 15) is 19.2 Å². The third kappa shape index (κ3) is 13.2. The Labute approximate surface area is 326 Å². The van der Waals surface area contributed by atoms with Crippen LogP contribution in [0.1, 0.15) is 39.5 Å². The molecule has 4 aromatic heterocycles. The maximum atomic E-state index is 12.9. The van der Waals surface area contributed by atoms with Crippen molar-refractivity contribution in [3.05, 3.63) is 51.1 Å². The van der Waals surface area contributed by atoms with Crippen LogP contribution in [0.2, 0.25) is 51.4 Å². The van der Waals surface area contributed by atoms with Gasteiger partial charge in [-0.2, -0.15) is 0 Å². The number of hydrogen-bond acceptors (Lipinski definition) is 8. The smallest absolute Gasteiger partial charge is 0.332 e. The van der Waals surface area contributed by atoms with Gasteiger partial charge < -0.3 is 9.47 Å². The minimum atomic E-state index is -1.17. The number of aryl methyl sites for hydroxylation is 2. The monoisotopic (exact) mass is 940 g/mol. The molecule has 51 heavy (non-hydrogen) atoms. The molecule has 4 heterocycles. The fraction of sp³-hybridized carbons (Fsp3) is 0.688. The Morgan fingerprint density at radius 1 is 0.706 bits per heavy atom. The molecule has 0 spiro atoms. The first-order chi connectivity index (χ1) is 23.8. The Kier molecular flexibility index (Phi) is 18.2. The van der Waals surface area contributed by atoms with E-state index in [1.807, 2.05) is 6.92 Å². The fourth-order valence-electron chi connectivity index (χ4n) is 4.50. The lowest BCUT2D eigenvalue weighted by Crippen LogP contribution is -2.39. The molecule has 0 unspecified atom stereocenters. The van der Waals surface area contributed by atoms with Gasteiger partial charge in [-0.25, -0.2) is 19.6 Å². The van der Waals surface area contributed by atoms with Gasteiger partial charge >= 0.3 is 11.4 Å². The van der Waals surface area contributed by atoms with E-state index in [4.69, 9.17) is 9.47 Å². The molecule has 0 saturated carbocycles. The Morgan fingerprint density at radius 2 is 1.18 bits per heavy atom. The van der Waals surface area contributed by atoms with Gasteiger partial charge in [0.1, 0.15) is 13.5 Å². The Hall–Kier alpha value is -1.91. The zero-order chi connectivity index (χ0) is 38.7. The summed E-state index contributed by atoms with van der Waals surface area (Å²) < 4.78 is 19.7. The van der Waals surface area contributed by atoms with Crippen LogP contribution in [-0.4, -0.2) is 72.5 Å². The van der Waals surface area contributed by atoms with Crippen molar-refractivity contribution in [3.63, 3.8) is 0 Å². The molecule has 1 N–H and O–H groups in total. The van der Waals surface area contributed by atoms with Gasteiger partial charge in [0.2, 0.25) is 0 Å². The van der Waals surface area contributed by atoms with Crippen LogP contribution in [0.15, 0.2) is 28.6 Å². The molecule has 19 heteroatoms. The lowest BCUT2D eigenvalue weighted by molar-refractivity contribution is 0.0881. The summed E-state index contributed by atoms with van der Waals surface area (Å²) in [5.74, 6) is 0. The Morgan fingerprint density at radius 3 is 1.61 bits per heavy atom.